The molecule has 25 heavy (non-hydrogen) atoms. The summed E-state index contributed by atoms with van der Waals surface area (Å²) in [5, 5.41) is 3.93. The van der Waals surface area contributed by atoms with E-state index in [0.29, 0.717) is 49.5 Å². The number of hydrogen-bond acceptors (Lipinski definition) is 7. The Morgan fingerprint density at radius 2 is 1.88 bits per heavy atom. The van der Waals surface area contributed by atoms with Gasteiger partial charge in [-0.2, -0.15) is 9.29 Å². The molecule has 2 aliphatic rings. The van der Waals surface area contributed by atoms with Crippen molar-refractivity contribution in [3.63, 3.8) is 0 Å². The molecule has 0 bridgehead atoms. The second kappa shape index (κ2) is 5.99. The fourth-order valence-corrected chi connectivity index (χ4v) is 4.32. The van der Waals surface area contributed by atoms with Gasteiger partial charge in [0.15, 0.2) is 17.3 Å². The van der Waals surface area contributed by atoms with Crippen LogP contribution in [0.2, 0.25) is 0 Å². The van der Waals surface area contributed by atoms with Crippen molar-refractivity contribution in [2.24, 2.45) is 0 Å². The molecule has 134 valence electrons. The van der Waals surface area contributed by atoms with Crippen LogP contribution in [0.15, 0.2) is 27.6 Å². The standard InChI is InChI=1S/C16H19N3O5S/c1-10(2)15-17-16(24-18-15)11-8-19(9-11)25(20,21)12-3-4-13-14(7-12)23-6-5-22-13/h3-4,7,10-11H,5-6,8-9H2,1-2H3. The van der Waals surface area contributed by atoms with Crippen molar-refractivity contribution in [2.75, 3.05) is 26.3 Å². The van der Waals surface area contributed by atoms with Crippen LogP contribution in [0.25, 0.3) is 0 Å². The fraction of sp³-hybridized carbons (Fsp3) is 0.500. The summed E-state index contributed by atoms with van der Waals surface area (Å²) in [6.07, 6.45) is 0. The van der Waals surface area contributed by atoms with Crippen LogP contribution in [0.1, 0.15) is 37.4 Å². The number of aromatic nitrogens is 2. The summed E-state index contributed by atoms with van der Waals surface area (Å²) < 4.78 is 43.1. The number of nitrogens with zero attached hydrogens (tertiary/aromatic N) is 3. The molecule has 8 nitrogen and oxygen atoms in total. The van der Waals surface area contributed by atoms with Gasteiger partial charge in [-0.25, -0.2) is 8.42 Å². The van der Waals surface area contributed by atoms with E-state index in [-0.39, 0.29) is 16.7 Å². The minimum absolute atomic E-state index is 0.0630. The second-order valence-corrected chi connectivity index (χ2v) is 8.41. The summed E-state index contributed by atoms with van der Waals surface area (Å²) in [4.78, 5) is 4.54. The summed E-state index contributed by atoms with van der Waals surface area (Å²) in [7, 11) is -3.58. The van der Waals surface area contributed by atoms with E-state index in [1.54, 1.807) is 12.1 Å². The SMILES string of the molecule is CC(C)c1noc(C2CN(S(=O)(=O)c3ccc4c(c3)OCCO4)C2)n1. The Morgan fingerprint density at radius 1 is 1.16 bits per heavy atom. The van der Waals surface area contributed by atoms with Gasteiger partial charge < -0.3 is 14.0 Å². The molecule has 4 rings (SSSR count). The molecule has 1 fully saturated rings. The molecule has 0 radical (unpaired) electrons. The van der Waals surface area contributed by atoms with Crippen LogP contribution in [0.5, 0.6) is 11.5 Å². The van der Waals surface area contributed by atoms with E-state index in [2.05, 4.69) is 10.1 Å². The summed E-state index contributed by atoms with van der Waals surface area (Å²) in [5.41, 5.74) is 0. The van der Waals surface area contributed by atoms with Gasteiger partial charge >= 0.3 is 0 Å². The highest BCUT2D eigenvalue weighted by Crippen LogP contribution is 2.36. The molecule has 9 heteroatoms. The molecule has 0 spiro atoms. The van der Waals surface area contributed by atoms with E-state index in [1.165, 1.54) is 10.4 Å². The van der Waals surface area contributed by atoms with Gasteiger partial charge in [0, 0.05) is 25.1 Å². The zero-order valence-electron chi connectivity index (χ0n) is 14.0. The molecule has 1 aromatic heterocycles. The number of sulfonamides is 1. The first-order valence-corrected chi connectivity index (χ1v) is 9.62. The van der Waals surface area contributed by atoms with E-state index in [0.717, 1.165) is 0 Å². The maximum absolute atomic E-state index is 12.8. The molecule has 2 aromatic rings. The number of ether oxygens (including phenoxy) is 2. The van der Waals surface area contributed by atoms with Gasteiger partial charge in [-0.3, -0.25) is 0 Å². The van der Waals surface area contributed by atoms with Crippen LogP contribution in [0.4, 0.5) is 0 Å². The Labute approximate surface area is 145 Å². The van der Waals surface area contributed by atoms with Gasteiger partial charge in [0.25, 0.3) is 0 Å². The first-order chi connectivity index (χ1) is 11.9. The Hall–Kier alpha value is -2.13. The number of hydrogen-bond donors (Lipinski definition) is 0. The van der Waals surface area contributed by atoms with Gasteiger partial charge in [-0.1, -0.05) is 19.0 Å². The first-order valence-electron chi connectivity index (χ1n) is 8.18. The molecule has 0 N–H and O–H groups in total. The van der Waals surface area contributed by atoms with Gasteiger partial charge in [-0.15, -0.1) is 0 Å². The summed E-state index contributed by atoms with van der Waals surface area (Å²) >= 11 is 0. The third-order valence-corrected chi connectivity index (χ3v) is 6.15. The maximum atomic E-state index is 12.8. The summed E-state index contributed by atoms with van der Waals surface area (Å²) in [5.74, 6) is 2.28. The van der Waals surface area contributed by atoms with Crippen LogP contribution in [0.3, 0.4) is 0 Å². The van der Waals surface area contributed by atoms with Crippen LogP contribution < -0.4 is 9.47 Å². The molecule has 0 saturated carbocycles. The minimum atomic E-state index is -3.58. The van der Waals surface area contributed by atoms with Crippen molar-refractivity contribution in [2.45, 2.75) is 30.6 Å². The molecule has 0 unspecified atom stereocenters. The van der Waals surface area contributed by atoms with Crippen LogP contribution in [-0.2, 0) is 10.0 Å². The molecular weight excluding hydrogens is 346 g/mol. The third-order valence-electron chi connectivity index (χ3n) is 4.32. The Balaban J connectivity index is 1.49. The third kappa shape index (κ3) is 2.87. The predicted octanol–water partition coefficient (Wildman–Crippen LogP) is 1.75. The molecule has 0 atom stereocenters. The van der Waals surface area contributed by atoms with E-state index >= 15 is 0 Å². The lowest BCUT2D eigenvalue weighted by Gasteiger charge is -2.35. The summed E-state index contributed by atoms with van der Waals surface area (Å²) in [6.45, 7) is 5.50. The van der Waals surface area contributed by atoms with Crippen LogP contribution in [-0.4, -0.2) is 49.2 Å². The van der Waals surface area contributed by atoms with E-state index in [1.807, 2.05) is 13.8 Å². The lowest BCUT2D eigenvalue weighted by atomic mass is 10.0. The topological polar surface area (TPSA) is 94.8 Å². The van der Waals surface area contributed by atoms with Gasteiger partial charge in [0.05, 0.1) is 10.8 Å². The van der Waals surface area contributed by atoms with Gasteiger partial charge in [0.1, 0.15) is 13.2 Å². The number of benzene rings is 1. The van der Waals surface area contributed by atoms with Crippen molar-refractivity contribution in [3.8, 4) is 11.5 Å². The second-order valence-electron chi connectivity index (χ2n) is 6.47. The molecule has 2 aliphatic heterocycles. The number of fused-ring (bicyclic) bond motifs is 1. The quantitative estimate of drug-likeness (QED) is 0.814. The molecule has 1 aromatic carbocycles. The predicted molar refractivity (Wildman–Crippen MR) is 87.3 cm³/mol. The minimum Gasteiger partial charge on any atom is -0.486 e. The smallest absolute Gasteiger partial charge is 0.243 e. The molecule has 0 amide bonds. The number of rotatable bonds is 4. The van der Waals surface area contributed by atoms with Gasteiger partial charge in [0.2, 0.25) is 15.9 Å². The Morgan fingerprint density at radius 3 is 2.56 bits per heavy atom. The fourth-order valence-electron chi connectivity index (χ4n) is 2.77. The molecule has 1 saturated heterocycles. The average molecular weight is 365 g/mol. The summed E-state index contributed by atoms with van der Waals surface area (Å²) in [6, 6.07) is 4.69. The Kier molecular flexibility index (Phi) is 3.92. The highest BCUT2D eigenvalue weighted by molar-refractivity contribution is 7.89. The van der Waals surface area contributed by atoms with Crippen molar-refractivity contribution < 1.29 is 22.4 Å². The van der Waals surface area contributed by atoms with Gasteiger partial charge in [-0.05, 0) is 12.1 Å². The van der Waals surface area contributed by atoms with Crippen molar-refractivity contribution in [1.29, 1.82) is 0 Å². The normalized spacial score (nSPS) is 18.4. The largest absolute Gasteiger partial charge is 0.486 e. The Bertz CT molecular complexity index is 887. The van der Waals surface area contributed by atoms with Crippen molar-refractivity contribution in [3.05, 3.63) is 29.9 Å². The maximum Gasteiger partial charge on any atom is 0.243 e. The van der Waals surface area contributed by atoms with Crippen molar-refractivity contribution in [1.82, 2.24) is 14.4 Å². The zero-order valence-corrected chi connectivity index (χ0v) is 14.8. The first kappa shape index (κ1) is 16.3. The monoisotopic (exact) mass is 365 g/mol. The van der Waals surface area contributed by atoms with Crippen LogP contribution >= 0.6 is 0 Å². The van der Waals surface area contributed by atoms with E-state index in [9.17, 15) is 8.42 Å². The lowest BCUT2D eigenvalue weighted by molar-refractivity contribution is 0.171. The van der Waals surface area contributed by atoms with Crippen molar-refractivity contribution >= 4 is 10.0 Å². The molecular formula is C16H19N3O5S. The molecule has 0 aliphatic carbocycles. The lowest BCUT2D eigenvalue weighted by Crippen LogP contribution is -2.48. The molecule has 3 heterocycles. The highest BCUT2D eigenvalue weighted by atomic mass is 32.2. The average Bonchev–Trinajstić information content (AvgIpc) is 3.02. The zero-order chi connectivity index (χ0) is 17.6. The van der Waals surface area contributed by atoms with E-state index in [4.69, 9.17) is 14.0 Å². The van der Waals surface area contributed by atoms with Crippen LogP contribution in [0, 0.1) is 0 Å². The van der Waals surface area contributed by atoms with E-state index < -0.39 is 10.0 Å². The highest BCUT2D eigenvalue weighted by Gasteiger charge is 2.40.